The van der Waals surface area contributed by atoms with E-state index in [0.717, 1.165) is 24.3 Å². The number of likely N-dealkylation sites (tertiary alicyclic amines) is 1. The number of hydrogen-bond acceptors (Lipinski definition) is 5. The van der Waals surface area contributed by atoms with Crippen LogP contribution in [0.2, 0.25) is 0 Å². The third-order valence-electron chi connectivity index (χ3n) is 3.35. The van der Waals surface area contributed by atoms with Gasteiger partial charge in [0, 0.05) is 18.7 Å². The second-order valence-electron chi connectivity index (χ2n) is 4.84. The third kappa shape index (κ3) is 2.14. The van der Waals surface area contributed by atoms with Crippen molar-refractivity contribution in [1.82, 2.24) is 15.2 Å². The molecule has 100 valence electrons. The smallest absolute Gasteiger partial charge is 0.276 e. The molecule has 2 aromatic heterocycles. The summed E-state index contributed by atoms with van der Waals surface area (Å²) >= 11 is 0. The lowest BCUT2D eigenvalue weighted by molar-refractivity contribution is 0.0720. The van der Waals surface area contributed by atoms with Crippen LogP contribution in [0.25, 0.3) is 0 Å². The van der Waals surface area contributed by atoms with Gasteiger partial charge in [0.25, 0.3) is 5.91 Å². The van der Waals surface area contributed by atoms with Gasteiger partial charge in [0.15, 0.2) is 5.69 Å². The van der Waals surface area contributed by atoms with Crippen molar-refractivity contribution in [2.75, 3.05) is 6.54 Å². The fraction of sp³-hybridized carbons (Fsp3) is 0.462. The number of hydrogen-bond donors (Lipinski definition) is 0. The zero-order valence-corrected chi connectivity index (χ0v) is 10.9. The predicted octanol–water partition coefficient (Wildman–Crippen LogP) is 2.26. The summed E-state index contributed by atoms with van der Waals surface area (Å²) in [5, 5.41) is 7.80. The average molecular weight is 261 g/mol. The molecule has 3 rings (SSSR count). The first-order valence-electron chi connectivity index (χ1n) is 6.32. The molecule has 1 atom stereocenters. The molecule has 1 aliphatic heterocycles. The Balaban J connectivity index is 1.85. The lowest BCUT2D eigenvalue weighted by Crippen LogP contribution is -2.30. The Kier molecular flexibility index (Phi) is 2.85. The summed E-state index contributed by atoms with van der Waals surface area (Å²) in [5.74, 6) is 1.28. The highest BCUT2D eigenvalue weighted by molar-refractivity contribution is 5.92. The van der Waals surface area contributed by atoms with Crippen molar-refractivity contribution < 1.29 is 13.8 Å². The molecule has 1 saturated heterocycles. The van der Waals surface area contributed by atoms with Crippen LogP contribution in [0.1, 0.15) is 46.6 Å². The second-order valence-corrected chi connectivity index (χ2v) is 4.84. The van der Waals surface area contributed by atoms with Crippen LogP contribution >= 0.6 is 0 Å². The number of carbonyl (C=O) groups is 1. The van der Waals surface area contributed by atoms with Crippen molar-refractivity contribution in [2.45, 2.75) is 32.7 Å². The Bertz CT molecular complexity index is 602. The van der Waals surface area contributed by atoms with Gasteiger partial charge in [-0.15, -0.1) is 0 Å². The first-order chi connectivity index (χ1) is 9.15. The largest absolute Gasteiger partial charge is 0.361 e. The number of rotatable bonds is 2. The zero-order valence-electron chi connectivity index (χ0n) is 10.9. The van der Waals surface area contributed by atoms with E-state index in [4.69, 9.17) is 9.05 Å². The van der Waals surface area contributed by atoms with Crippen LogP contribution in [0.3, 0.4) is 0 Å². The highest BCUT2D eigenvalue weighted by atomic mass is 16.5. The fourth-order valence-corrected chi connectivity index (χ4v) is 2.47. The molecule has 1 amide bonds. The standard InChI is InChI=1S/C13H15N3O3/c1-8-6-10(14-18-8)12-4-3-5-16(12)13(17)11-7-9(2)19-15-11/h6-7,12H,3-5H2,1-2H3/t12-/m0/s1. The Morgan fingerprint density at radius 1 is 1.26 bits per heavy atom. The molecule has 0 bridgehead atoms. The number of nitrogens with zero attached hydrogens (tertiary/aromatic N) is 3. The minimum absolute atomic E-state index is 0.0260. The number of aryl methyl sites for hydroxylation is 2. The zero-order chi connectivity index (χ0) is 13.4. The van der Waals surface area contributed by atoms with E-state index >= 15 is 0 Å². The maximum atomic E-state index is 12.4. The molecule has 0 saturated carbocycles. The minimum Gasteiger partial charge on any atom is -0.361 e. The summed E-state index contributed by atoms with van der Waals surface area (Å²) in [6.07, 6.45) is 1.85. The highest BCUT2D eigenvalue weighted by Gasteiger charge is 2.33. The summed E-state index contributed by atoms with van der Waals surface area (Å²) in [6, 6.07) is 3.51. The maximum Gasteiger partial charge on any atom is 0.276 e. The monoisotopic (exact) mass is 261 g/mol. The number of amides is 1. The van der Waals surface area contributed by atoms with Crippen molar-refractivity contribution in [3.63, 3.8) is 0 Å². The van der Waals surface area contributed by atoms with Gasteiger partial charge >= 0.3 is 0 Å². The fourth-order valence-electron chi connectivity index (χ4n) is 2.47. The van der Waals surface area contributed by atoms with Crippen LogP contribution in [0.5, 0.6) is 0 Å². The number of aromatic nitrogens is 2. The predicted molar refractivity (Wildman–Crippen MR) is 65.5 cm³/mol. The number of carbonyl (C=O) groups excluding carboxylic acids is 1. The molecule has 0 spiro atoms. The molecule has 1 fully saturated rings. The van der Waals surface area contributed by atoms with Gasteiger partial charge in [-0.25, -0.2) is 0 Å². The Labute approximate surface area is 110 Å². The molecule has 0 unspecified atom stereocenters. The summed E-state index contributed by atoms with van der Waals surface area (Å²) in [4.78, 5) is 14.2. The molecule has 0 aromatic carbocycles. The summed E-state index contributed by atoms with van der Waals surface area (Å²) in [6.45, 7) is 4.33. The molecule has 2 aromatic rings. The quantitative estimate of drug-likeness (QED) is 0.829. The Hall–Kier alpha value is -2.11. The molecular formula is C13H15N3O3. The van der Waals surface area contributed by atoms with E-state index < -0.39 is 0 Å². The topological polar surface area (TPSA) is 72.4 Å². The van der Waals surface area contributed by atoms with E-state index in [1.54, 1.807) is 17.9 Å². The summed E-state index contributed by atoms with van der Waals surface area (Å²) in [7, 11) is 0. The Morgan fingerprint density at radius 3 is 2.63 bits per heavy atom. The van der Waals surface area contributed by atoms with Gasteiger partial charge in [0.1, 0.15) is 17.2 Å². The van der Waals surface area contributed by atoms with E-state index in [1.807, 2.05) is 13.0 Å². The van der Waals surface area contributed by atoms with Gasteiger partial charge in [-0.1, -0.05) is 10.3 Å². The molecule has 0 N–H and O–H groups in total. The maximum absolute atomic E-state index is 12.4. The Morgan fingerprint density at radius 2 is 2.00 bits per heavy atom. The second kappa shape index (κ2) is 4.53. The van der Waals surface area contributed by atoms with Gasteiger partial charge in [-0.3, -0.25) is 4.79 Å². The van der Waals surface area contributed by atoms with E-state index in [2.05, 4.69) is 10.3 Å². The first kappa shape index (κ1) is 12.0. The molecule has 1 aliphatic rings. The normalized spacial score (nSPS) is 19.1. The van der Waals surface area contributed by atoms with Crippen molar-refractivity contribution in [2.24, 2.45) is 0 Å². The first-order valence-corrected chi connectivity index (χ1v) is 6.32. The lowest BCUT2D eigenvalue weighted by atomic mass is 10.1. The van der Waals surface area contributed by atoms with Gasteiger partial charge in [0.2, 0.25) is 0 Å². The van der Waals surface area contributed by atoms with Crippen molar-refractivity contribution in [1.29, 1.82) is 0 Å². The van der Waals surface area contributed by atoms with Crippen molar-refractivity contribution in [3.8, 4) is 0 Å². The molecule has 6 nitrogen and oxygen atoms in total. The minimum atomic E-state index is -0.111. The van der Waals surface area contributed by atoms with E-state index in [0.29, 0.717) is 18.0 Å². The molecule has 19 heavy (non-hydrogen) atoms. The summed E-state index contributed by atoms with van der Waals surface area (Å²) < 4.78 is 10.1. The SMILES string of the molecule is Cc1cc(C(=O)N2CCC[C@H]2c2cc(C)on2)no1. The van der Waals surface area contributed by atoms with Gasteiger partial charge in [0.05, 0.1) is 6.04 Å². The van der Waals surface area contributed by atoms with E-state index in [1.165, 1.54) is 0 Å². The van der Waals surface area contributed by atoms with Crippen LogP contribution < -0.4 is 0 Å². The van der Waals surface area contributed by atoms with Crippen LogP contribution in [0.15, 0.2) is 21.2 Å². The molecule has 0 radical (unpaired) electrons. The molecule has 0 aliphatic carbocycles. The van der Waals surface area contributed by atoms with Crippen LogP contribution in [-0.4, -0.2) is 27.7 Å². The van der Waals surface area contributed by atoms with Gasteiger partial charge in [-0.05, 0) is 26.7 Å². The molecular weight excluding hydrogens is 246 g/mol. The van der Waals surface area contributed by atoms with Crippen LogP contribution in [0, 0.1) is 13.8 Å². The average Bonchev–Trinajstić information content (AvgIpc) is 3.07. The molecule has 3 heterocycles. The lowest BCUT2D eigenvalue weighted by Gasteiger charge is -2.21. The summed E-state index contributed by atoms with van der Waals surface area (Å²) in [5.41, 5.74) is 1.16. The van der Waals surface area contributed by atoms with Crippen molar-refractivity contribution in [3.05, 3.63) is 35.0 Å². The van der Waals surface area contributed by atoms with Crippen molar-refractivity contribution >= 4 is 5.91 Å². The third-order valence-corrected chi connectivity index (χ3v) is 3.35. The highest BCUT2D eigenvalue weighted by Crippen LogP contribution is 2.32. The van der Waals surface area contributed by atoms with E-state index in [9.17, 15) is 4.79 Å². The van der Waals surface area contributed by atoms with Crippen LogP contribution in [0.4, 0.5) is 0 Å². The van der Waals surface area contributed by atoms with Gasteiger partial charge < -0.3 is 13.9 Å². The van der Waals surface area contributed by atoms with Gasteiger partial charge in [-0.2, -0.15) is 0 Å². The van der Waals surface area contributed by atoms with Crippen LogP contribution in [-0.2, 0) is 0 Å². The molecule has 6 heteroatoms. The van der Waals surface area contributed by atoms with E-state index in [-0.39, 0.29) is 11.9 Å².